The van der Waals surface area contributed by atoms with Gasteiger partial charge in [-0.25, -0.2) is 0 Å². The van der Waals surface area contributed by atoms with E-state index >= 15 is 0 Å². The van der Waals surface area contributed by atoms with Crippen LogP contribution >= 0.6 is 32.5 Å². The molecular formula is C4H10AlBr2O2. The van der Waals surface area contributed by atoms with Gasteiger partial charge >= 0.3 is 0 Å². The van der Waals surface area contributed by atoms with E-state index in [1.54, 1.807) is 0 Å². The van der Waals surface area contributed by atoms with Crippen LogP contribution in [0.2, 0.25) is 0 Å². The van der Waals surface area contributed by atoms with Crippen LogP contribution in [-0.2, 0) is 7.66 Å². The summed E-state index contributed by atoms with van der Waals surface area (Å²) in [6.07, 6.45) is 0. The highest BCUT2D eigenvalue weighted by Crippen LogP contribution is 1.77. The van der Waals surface area contributed by atoms with E-state index in [4.69, 9.17) is 0 Å². The standard InChI is InChI=1S/2C2H5BrO.Al/c2*1-2-4-3;/h2*2H2,1H3;. The van der Waals surface area contributed by atoms with E-state index in [2.05, 4.69) is 40.2 Å². The second-order valence-electron chi connectivity index (χ2n) is 0.796. The van der Waals surface area contributed by atoms with Crippen molar-refractivity contribution < 1.29 is 7.66 Å². The first kappa shape index (κ1) is 16.8. The molecule has 0 aliphatic heterocycles. The second kappa shape index (κ2) is 22.7. The smallest absolute Gasteiger partial charge is 0.0987 e. The molecule has 0 heterocycles. The van der Waals surface area contributed by atoms with Gasteiger partial charge in [0.05, 0.1) is 45.7 Å². The van der Waals surface area contributed by atoms with Crippen molar-refractivity contribution in [3.63, 3.8) is 0 Å². The molecule has 55 valence electrons. The third-order valence-electron chi connectivity index (χ3n) is 0.218. The van der Waals surface area contributed by atoms with Crippen LogP contribution in [0.3, 0.4) is 0 Å². The topological polar surface area (TPSA) is 18.5 Å². The number of halogens is 2. The minimum absolute atomic E-state index is 0. The van der Waals surface area contributed by atoms with Crippen molar-refractivity contribution in [2.45, 2.75) is 13.8 Å². The number of hydrogen-bond acceptors (Lipinski definition) is 2. The maximum atomic E-state index is 4.35. The van der Waals surface area contributed by atoms with Gasteiger partial charge in [-0.15, -0.1) is 0 Å². The predicted molar refractivity (Wildman–Crippen MR) is 46.9 cm³/mol. The number of rotatable bonds is 2. The highest BCUT2D eigenvalue weighted by molar-refractivity contribution is 9.06. The van der Waals surface area contributed by atoms with Gasteiger partial charge in [-0.3, -0.25) is 0 Å². The molecule has 0 amide bonds. The Hall–Kier alpha value is 1.41. The van der Waals surface area contributed by atoms with Crippen LogP contribution in [0, 0.1) is 0 Å². The summed E-state index contributed by atoms with van der Waals surface area (Å²) < 4.78 is 8.71. The van der Waals surface area contributed by atoms with Gasteiger partial charge in [0.2, 0.25) is 0 Å². The Morgan fingerprint density at radius 2 is 1.11 bits per heavy atom. The lowest BCUT2D eigenvalue weighted by Gasteiger charge is -1.71. The SMILES string of the molecule is CCOBr.CCOBr.[Al]. The van der Waals surface area contributed by atoms with Crippen LogP contribution in [-0.4, -0.2) is 30.6 Å². The average molecular weight is 277 g/mol. The first-order chi connectivity index (χ1) is 3.83. The van der Waals surface area contributed by atoms with Crippen molar-refractivity contribution in [1.29, 1.82) is 0 Å². The Kier molecular flexibility index (Phi) is 42.4. The molecule has 3 radical (unpaired) electrons. The Morgan fingerprint density at radius 3 is 1.11 bits per heavy atom. The van der Waals surface area contributed by atoms with Crippen molar-refractivity contribution in [3.8, 4) is 0 Å². The Morgan fingerprint density at radius 1 is 1.00 bits per heavy atom. The summed E-state index contributed by atoms with van der Waals surface area (Å²) in [4.78, 5) is 0. The summed E-state index contributed by atoms with van der Waals surface area (Å²) in [6, 6.07) is 0. The summed E-state index contributed by atoms with van der Waals surface area (Å²) in [5, 5.41) is 0. The van der Waals surface area contributed by atoms with Crippen molar-refractivity contribution in [2.75, 3.05) is 13.2 Å². The van der Waals surface area contributed by atoms with Crippen LogP contribution in [0.1, 0.15) is 13.8 Å². The summed E-state index contributed by atoms with van der Waals surface area (Å²) in [6.45, 7) is 5.30. The molecule has 0 saturated heterocycles. The highest BCUT2D eigenvalue weighted by Gasteiger charge is 1.55. The van der Waals surface area contributed by atoms with Crippen molar-refractivity contribution >= 4 is 49.9 Å². The van der Waals surface area contributed by atoms with Gasteiger partial charge in [0, 0.05) is 17.4 Å². The summed E-state index contributed by atoms with van der Waals surface area (Å²) in [7, 11) is 0. The van der Waals surface area contributed by atoms with Crippen molar-refractivity contribution in [2.24, 2.45) is 0 Å². The average Bonchev–Trinajstić information content (AvgIpc) is 1.88. The largest absolute Gasteiger partial charge is 0.308 e. The van der Waals surface area contributed by atoms with Gasteiger partial charge in [-0.1, -0.05) is 0 Å². The van der Waals surface area contributed by atoms with Crippen LogP contribution in [0.5, 0.6) is 0 Å². The number of hydrogen-bond donors (Lipinski definition) is 0. The fourth-order valence-corrected chi connectivity index (χ4v) is 0. The highest BCUT2D eigenvalue weighted by atomic mass is 79.9. The van der Waals surface area contributed by atoms with Gasteiger partial charge in [-0.2, -0.15) is 0 Å². The monoisotopic (exact) mass is 275 g/mol. The molecule has 0 aromatic carbocycles. The molecule has 0 unspecified atom stereocenters. The molecule has 0 aromatic heterocycles. The molecule has 0 bridgehead atoms. The van der Waals surface area contributed by atoms with Gasteiger partial charge in [0.1, 0.15) is 0 Å². The predicted octanol–water partition coefficient (Wildman–Crippen LogP) is 2.28. The van der Waals surface area contributed by atoms with Gasteiger partial charge in [-0.05, 0) is 13.8 Å². The summed E-state index contributed by atoms with van der Waals surface area (Å²) in [5.74, 6) is 0. The first-order valence-electron chi connectivity index (χ1n) is 2.30. The zero-order valence-corrected chi connectivity index (χ0v) is 9.89. The minimum Gasteiger partial charge on any atom is -0.308 e. The molecule has 0 fully saturated rings. The van der Waals surface area contributed by atoms with Gasteiger partial charge < -0.3 is 7.66 Å². The molecule has 0 aliphatic rings. The minimum atomic E-state index is 0. The molecular weight excluding hydrogens is 267 g/mol. The van der Waals surface area contributed by atoms with E-state index in [9.17, 15) is 0 Å². The Balaban J connectivity index is -0.0000000720. The zero-order valence-electron chi connectivity index (χ0n) is 5.56. The van der Waals surface area contributed by atoms with E-state index in [0.29, 0.717) is 0 Å². The van der Waals surface area contributed by atoms with Crippen molar-refractivity contribution in [1.82, 2.24) is 0 Å². The molecule has 5 heteroatoms. The molecule has 0 rings (SSSR count). The first-order valence-corrected chi connectivity index (χ1v) is 3.60. The molecule has 0 aromatic rings. The Bertz CT molecular complexity index is 24.5. The molecule has 0 aliphatic carbocycles. The molecule has 9 heavy (non-hydrogen) atoms. The quantitative estimate of drug-likeness (QED) is 0.721. The van der Waals surface area contributed by atoms with Crippen LogP contribution in [0.4, 0.5) is 0 Å². The van der Waals surface area contributed by atoms with E-state index < -0.39 is 0 Å². The summed E-state index contributed by atoms with van der Waals surface area (Å²) >= 11 is 5.50. The molecule has 0 N–H and O–H groups in total. The lowest BCUT2D eigenvalue weighted by molar-refractivity contribution is 0.426. The lowest BCUT2D eigenvalue weighted by atomic mass is 10.9. The molecule has 0 saturated carbocycles. The van der Waals surface area contributed by atoms with E-state index in [0.717, 1.165) is 13.2 Å². The third-order valence-corrected chi connectivity index (χ3v) is 1.13. The second-order valence-corrected chi connectivity index (χ2v) is 1.71. The Labute approximate surface area is 84.3 Å². The van der Waals surface area contributed by atoms with E-state index in [1.807, 2.05) is 13.8 Å². The fourth-order valence-electron chi connectivity index (χ4n) is 0. The van der Waals surface area contributed by atoms with Gasteiger partial charge in [0.15, 0.2) is 0 Å². The van der Waals surface area contributed by atoms with E-state index in [-0.39, 0.29) is 17.4 Å². The van der Waals surface area contributed by atoms with Crippen molar-refractivity contribution in [3.05, 3.63) is 0 Å². The van der Waals surface area contributed by atoms with Crippen LogP contribution in [0.15, 0.2) is 0 Å². The third kappa shape index (κ3) is 44.4. The van der Waals surface area contributed by atoms with Gasteiger partial charge in [0.25, 0.3) is 0 Å². The molecule has 0 atom stereocenters. The normalized spacial score (nSPS) is 6.67. The fraction of sp³-hybridized carbons (Fsp3) is 1.00. The van der Waals surface area contributed by atoms with Crippen LogP contribution < -0.4 is 0 Å². The summed E-state index contributed by atoms with van der Waals surface area (Å²) in [5.41, 5.74) is 0. The molecule has 0 spiro atoms. The van der Waals surface area contributed by atoms with Crippen LogP contribution in [0.25, 0.3) is 0 Å². The lowest BCUT2D eigenvalue weighted by Crippen LogP contribution is -1.63. The zero-order chi connectivity index (χ0) is 6.83. The molecule has 2 nitrogen and oxygen atoms in total. The van der Waals surface area contributed by atoms with E-state index in [1.165, 1.54) is 0 Å². The maximum absolute atomic E-state index is 4.35. The maximum Gasteiger partial charge on any atom is 0.0987 e.